The molecule has 0 saturated carbocycles. The van der Waals surface area contributed by atoms with Gasteiger partial charge in [0.15, 0.2) is 0 Å². The Hall–Kier alpha value is -4.57. The van der Waals surface area contributed by atoms with Crippen LogP contribution in [0, 0.1) is 47.3 Å². The average molecular weight is 795 g/mol. The van der Waals surface area contributed by atoms with Crippen LogP contribution in [0.25, 0.3) is 0 Å². The summed E-state index contributed by atoms with van der Waals surface area (Å²) in [5.74, 6) is 9.90. The predicted molar refractivity (Wildman–Crippen MR) is 208 cm³/mol. The van der Waals surface area contributed by atoms with Crippen LogP contribution >= 0.6 is 0 Å². The molecule has 4 atom stereocenters. The molecule has 3 aromatic carbocycles. The van der Waals surface area contributed by atoms with Gasteiger partial charge in [-0.2, -0.15) is 0 Å². The second-order valence-electron chi connectivity index (χ2n) is 13.8. The number of nitrogens with one attached hydrogen (secondary N) is 1. The van der Waals surface area contributed by atoms with Gasteiger partial charge in [-0.1, -0.05) is 47.9 Å². The predicted octanol–water partition coefficient (Wildman–Crippen LogP) is 4.30. The number of benzene rings is 3. The number of ether oxygens (including phenoxy) is 1. The molecule has 1 saturated heterocycles. The SMILES string of the molecule is CC(=O)O[C@@H](CC[C@H]1C(=O)N(c2ccc(C#CCC(CCS(C)(=O)=O)CNS(C)(=O)=O)cc2)[C@@H]1c1ccc(C#CCC(CO)CO)cc1)c1ccc(F)cc1. The van der Waals surface area contributed by atoms with Gasteiger partial charge in [0.25, 0.3) is 0 Å². The molecule has 1 heterocycles. The van der Waals surface area contributed by atoms with Crippen molar-refractivity contribution >= 4 is 37.4 Å². The molecule has 11 nitrogen and oxygen atoms in total. The molecule has 0 radical (unpaired) electrons. The van der Waals surface area contributed by atoms with Crippen LogP contribution < -0.4 is 9.62 Å². The lowest BCUT2D eigenvalue weighted by Gasteiger charge is -2.48. The van der Waals surface area contributed by atoms with Gasteiger partial charge < -0.3 is 19.8 Å². The van der Waals surface area contributed by atoms with Gasteiger partial charge in [-0.25, -0.2) is 25.9 Å². The lowest BCUT2D eigenvalue weighted by Crippen LogP contribution is -2.55. The first kappa shape index (κ1) is 43.2. The Morgan fingerprint density at radius 1 is 0.855 bits per heavy atom. The van der Waals surface area contributed by atoms with Crippen LogP contribution in [-0.2, 0) is 34.2 Å². The van der Waals surface area contributed by atoms with E-state index in [9.17, 15) is 41.0 Å². The lowest BCUT2D eigenvalue weighted by atomic mass is 9.78. The third-order valence-electron chi connectivity index (χ3n) is 9.20. The summed E-state index contributed by atoms with van der Waals surface area (Å²) in [4.78, 5) is 27.6. The van der Waals surface area contributed by atoms with E-state index in [1.807, 2.05) is 24.3 Å². The van der Waals surface area contributed by atoms with E-state index in [1.165, 1.54) is 19.1 Å². The van der Waals surface area contributed by atoms with Crippen LogP contribution in [0.3, 0.4) is 0 Å². The summed E-state index contributed by atoms with van der Waals surface area (Å²) >= 11 is 0. The number of aliphatic hydroxyl groups excluding tert-OH is 2. The van der Waals surface area contributed by atoms with Crippen LogP contribution in [0.4, 0.5) is 10.1 Å². The van der Waals surface area contributed by atoms with E-state index in [2.05, 4.69) is 28.4 Å². The molecule has 1 amide bonds. The molecule has 55 heavy (non-hydrogen) atoms. The summed E-state index contributed by atoms with van der Waals surface area (Å²) < 4.78 is 68.4. The second kappa shape index (κ2) is 19.8. The van der Waals surface area contributed by atoms with Crippen molar-refractivity contribution in [2.24, 2.45) is 17.8 Å². The maximum absolute atomic E-state index is 13.9. The zero-order valence-electron chi connectivity index (χ0n) is 31.1. The number of esters is 1. The molecule has 1 aliphatic heterocycles. The molecule has 0 spiro atoms. The molecule has 0 aliphatic carbocycles. The average Bonchev–Trinajstić information content (AvgIpc) is 3.13. The van der Waals surface area contributed by atoms with Gasteiger partial charge in [0.05, 0.1) is 24.0 Å². The number of carbonyl (C=O) groups excluding carboxylic acids is 2. The van der Waals surface area contributed by atoms with Gasteiger partial charge in [-0.05, 0) is 84.8 Å². The second-order valence-corrected chi connectivity index (χ2v) is 17.9. The van der Waals surface area contributed by atoms with Crippen molar-refractivity contribution in [2.75, 3.05) is 42.9 Å². The van der Waals surface area contributed by atoms with Crippen LogP contribution in [-0.4, -0.2) is 76.9 Å². The highest BCUT2D eigenvalue weighted by Crippen LogP contribution is 2.46. The van der Waals surface area contributed by atoms with E-state index < -0.39 is 43.7 Å². The fourth-order valence-corrected chi connectivity index (χ4v) is 7.48. The Balaban J connectivity index is 1.55. The number of hydrogen-bond acceptors (Lipinski definition) is 9. The van der Waals surface area contributed by atoms with Crippen molar-refractivity contribution in [1.29, 1.82) is 0 Å². The highest BCUT2D eigenvalue weighted by molar-refractivity contribution is 7.90. The number of sulfone groups is 1. The van der Waals surface area contributed by atoms with Crippen molar-refractivity contribution in [2.45, 2.75) is 51.2 Å². The highest BCUT2D eigenvalue weighted by atomic mass is 32.2. The monoisotopic (exact) mass is 794 g/mol. The molecule has 3 N–H and O–H groups in total. The smallest absolute Gasteiger partial charge is 0.303 e. The molecular formula is C41H47FN2O9S2. The molecule has 1 unspecified atom stereocenters. The van der Waals surface area contributed by atoms with Gasteiger partial charge in [-0.3, -0.25) is 9.59 Å². The largest absolute Gasteiger partial charge is 0.458 e. The number of rotatable bonds is 17. The number of anilines is 1. The Morgan fingerprint density at radius 3 is 1.95 bits per heavy atom. The zero-order valence-corrected chi connectivity index (χ0v) is 32.7. The fraction of sp³-hybridized carbons (Fsp3) is 0.415. The normalized spacial score (nSPS) is 16.6. The van der Waals surface area contributed by atoms with Crippen molar-refractivity contribution < 1.29 is 45.8 Å². The lowest BCUT2D eigenvalue weighted by molar-refractivity contribution is -0.147. The van der Waals surface area contributed by atoms with Gasteiger partial charge in [0.2, 0.25) is 15.9 Å². The third kappa shape index (κ3) is 13.6. The summed E-state index contributed by atoms with van der Waals surface area (Å²) in [6.45, 7) is 1.04. The first-order chi connectivity index (χ1) is 26.1. The summed E-state index contributed by atoms with van der Waals surface area (Å²) in [6, 6.07) is 20.0. The van der Waals surface area contributed by atoms with E-state index >= 15 is 0 Å². The van der Waals surface area contributed by atoms with E-state index in [1.54, 1.807) is 41.3 Å². The van der Waals surface area contributed by atoms with Crippen LogP contribution in [0.2, 0.25) is 0 Å². The number of β-lactam (4-membered cyclic amide) rings is 1. The van der Waals surface area contributed by atoms with E-state index in [4.69, 9.17) is 4.74 Å². The Kier molecular flexibility index (Phi) is 15.6. The third-order valence-corrected chi connectivity index (χ3v) is 10.9. The minimum atomic E-state index is -3.46. The Bertz CT molecular complexity index is 2080. The number of aliphatic hydroxyl groups is 2. The number of hydrogen-bond donors (Lipinski definition) is 3. The molecule has 14 heteroatoms. The highest BCUT2D eigenvalue weighted by Gasteiger charge is 2.48. The standard InChI is InChI=1S/C41H47FN2O9S2/c1-29(47)53-39(34-16-18-36(42)19-17-34)23-22-38-40(35-14-10-30(11-15-35)7-5-9-33(27-45)28-46)44(41(38)48)37-20-12-31(13-21-37)6-4-8-32(24-25-54(2,49)50)26-43-55(3,51)52/h10-21,32-33,38-40,43,45-46H,8-9,22-28H2,1-3H3/t32?,38-,39+,40-/m1/s1. The molecule has 1 fully saturated rings. The number of amides is 1. The zero-order chi connectivity index (χ0) is 40.2. The number of carbonyl (C=O) groups is 2. The minimum absolute atomic E-state index is 0.0641. The topological polar surface area (TPSA) is 167 Å². The van der Waals surface area contributed by atoms with E-state index in [-0.39, 0.29) is 62.1 Å². The molecule has 0 bridgehead atoms. The van der Waals surface area contributed by atoms with Gasteiger partial charge >= 0.3 is 5.97 Å². The summed E-state index contributed by atoms with van der Waals surface area (Å²) in [5, 5.41) is 18.7. The maximum Gasteiger partial charge on any atom is 0.303 e. The van der Waals surface area contributed by atoms with Crippen LogP contribution in [0.5, 0.6) is 0 Å². The number of halogens is 1. The van der Waals surface area contributed by atoms with Crippen LogP contribution in [0.1, 0.15) is 73.4 Å². The maximum atomic E-state index is 13.9. The summed E-state index contributed by atoms with van der Waals surface area (Å²) in [5.41, 5.74) is 3.50. The summed E-state index contributed by atoms with van der Waals surface area (Å²) in [6.07, 6.45) is 3.05. The number of sulfonamides is 1. The van der Waals surface area contributed by atoms with Crippen molar-refractivity contribution in [3.63, 3.8) is 0 Å². The quantitative estimate of drug-likeness (QED) is 0.103. The molecule has 4 rings (SSSR count). The minimum Gasteiger partial charge on any atom is -0.458 e. The molecule has 294 valence electrons. The summed E-state index contributed by atoms with van der Waals surface area (Å²) in [7, 11) is -6.71. The van der Waals surface area contributed by atoms with Gasteiger partial charge in [0, 0.05) is 68.5 Å². The molecule has 0 aromatic heterocycles. The van der Waals surface area contributed by atoms with Crippen molar-refractivity contribution in [3.05, 3.63) is 101 Å². The molecule has 1 aliphatic rings. The van der Waals surface area contributed by atoms with Gasteiger partial charge in [-0.15, -0.1) is 0 Å². The Morgan fingerprint density at radius 2 is 1.42 bits per heavy atom. The van der Waals surface area contributed by atoms with E-state index in [0.29, 0.717) is 36.1 Å². The first-order valence-corrected chi connectivity index (χ1v) is 21.8. The molecule has 3 aromatic rings. The number of nitrogens with zero attached hydrogens (tertiary/aromatic N) is 1. The van der Waals surface area contributed by atoms with Gasteiger partial charge in [0.1, 0.15) is 21.8 Å². The Labute approximate surface area is 323 Å². The van der Waals surface area contributed by atoms with Crippen molar-refractivity contribution in [3.8, 4) is 23.7 Å². The molecular weight excluding hydrogens is 748 g/mol. The van der Waals surface area contributed by atoms with Crippen molar-refractivity contribution in [1.82, 2.24) is 4.72 Å². The van der Waals surface area contributed by atoms with E-state index in [0.717, 1.165) is 23.6 Å². The fourth-order valence-electron chi connectivity index (χ4n) is 6.18. The first-order valence-electron chi connectivity index (χ1n) is 17.8. The van der Waals surface area contributed by atoms with Crippen LogP contribution in [0.15, 0.2) is 72.8 Å².